The maximum atomic E-state index is 12.8. The minimum atomic E-state index is -0.363. The molecule has 7 nitrogen and oxygen atoms in total. The first-order valence-electron chi connectivity index (χ1n) is 10.8. The Morgan fingerprint density at radius 1 is 1.00 bits per heavy atom. The lowest BCUT2D eigenvalue weighted by molar-refractivity contribution is -0.384. The molecule has 3 aromatic rings. The summed E-state index contributed by atoms with van der Waals surface area (Å²) >= 11 is 3.42. The normalized spacial score (nSPS) is 14.6. The quantitative estimate of drug-likeness (QED) is 0.351. The number of hydrogen-bond acceptors (Lipinski definition) is 5. The fourth-order valence-corrected chi connectivity index (χ4v) is 4.42. The fraction of sp³-hybridized carbons (Fsp3) is 0.240. The molecular weight excluding hydrogens is 484 g/mol. The van der Waals surface area contributed by atoms with Gasteiger partial charge >= 0.3 is 0 Å². The summed E-state index contributed by atoms with van der Waals surface area (Å²) in [6.45, 7) is 4.48. The first-order chi connectivity index (χ1) is 15.9. The molecule has 0 aliphatic carbocycles. The van der Waals surface area contributed by atoms with Crippen LogP contribution < -0.4 is 10.2 Å². The highest BCUT2D eigenvalue weighted by molar-refractivity contribution is 9.10. The summed E-state index contributed by atoms with van der Waals surface area (Å²) in [6.07, 6.45) is 0. The van der Waals surface area contributed by atoms with Crippen LogP contribution in [0.15, 0.2) is 77.3 Å². The van der Waals surface area contributed by atoms with Gasteiger partial charge in [-0.1, -0.05) is 52.3 Å². The molecule has 1 amide bonds. The predicted molar refractivity (Wildman–Crippen MR) is 134 cm³/mol. The van der Waals surface area contributed by atoms with E-state index in [1.54, 1.807) is 12.1 Å². The number of carbonyl (C=O) groups excluding carboxylic acids is 1. The molecule has 1 aliphatic heterocycles. The molecule has 0 spiro atoms. The van der Waals surface area contributed by atoms with Crippen LogP contribution in [0.2, 0.25) is 0 Å². The van der Waals surface area contributed by atoms with Crippen LogP contribution in [0.5, 0.6) is 0 Å². The third kappa shape index (κ3) is 5.34. The lowest BCUT2D eigenvalue weighted by atomic mass is 10.1. The number of halogens is 1. The van der Waals surface area contributed by atoms with E-state index in [1.165, 1.54) is 0 Å². The van der Waals surface area contributed by atoms with Gasteiger partial charge in [-0.2, -0.15) is 0 Å². The number of nitrogens with zero attached hydrogens (tertiary/aromatic N) is 3. The number of nitrogens with one attached hydrogen (secondary N) is 1. The fourth-order valence-electron chi connectivity index (χ4n) is 4.03. The third-order valence-corrected chi connectivity index (χ3v) is 6.35. The van der Waals surface area contributed by atoms with Gasteiger partial charge in [0.1, 0.15) is 5.69 Å². The van der Waals surface area contributed by atoms with Crippen molar-refractivity contribution in [3.63, 3.8) is 0 Å². The largest absolute Gasteiger partial charge is 0.373 e. The molecule has 170 valence electrons. The maximum absolute atomic E-state index is 12.8. The van der Waals surface area contributed by atoms with Gasteiger partial charge in [-0.3, -0.25) is 14.9 Å². The molecule has 0 saturated carbocycles. The van der Waals surface area contributed by atoms with Gasteiger partial charge in [0.15, 0.2) is 0 Å². The van der Waals surface area contributed by atoms with E-state index in [9.17, 15) is 14.9 Å². The smallest absolute Gasteiger partial charge is 0.292 e. The van der Waals surface area contributed by atoms with Crippen LogP contribution in [0.25, 0.3) is 0 Å². The first kappa shape index (κ1) is 22.8. The Labute approximate surface area is 201 Å². The van der Waals surface area contributed by atoms with E-state index in [4.69, 9.17) is 0 Å². The molecule has 3 aromatic carbocycles. The van der Waals surface area contributed by atoms with Gasteiger partial charge in [0.2, 0.25) is 0 Å². The lowest BCUT2D eigenvalue weighted by Gasteiger charge is -2.36. The van der Waals surface area contributed by atoms with E-state index >= 15 is 0 Å². The summed E-state index contributed by atoms with van der Waals surface area (Å²) in [5.41, 5.74) is 3.15. The summed E-state index contributed by atoms with van der Waals surface area (Å²) in [4.78, 5) is 28.1. The Morgan fingerprint density at radius 2 is 1.73 bits per heavy atom. The van der Waals surface area contributed by atoms with Crippen LogP contribution in [0.3, 0.4) is 0 Å². The molecule has 1 N–H and O–H groups in total. The van der Waals surface area contributed by atoms with Crippen LogP contribution in [0.4, 0.5) is 17.1 Å². The number of carbonyl (C=O) groups is 1. The molecule has 1 aliphatic rings. The number of nitro groups is 1. The average Bonchev–Trinajstić information content (AvgIpc) is 2.84. The zero-order valence-electron chi connectivity index (χ0n) is 18.3. The number of piperazine rings is 1. The monoisotopic (exact) mass is 508 g/mol. The van der Waals surface area contributed by atoms with E-state index in [-0.39, 0.29) is 22.6 Å². The molecule has 4 rings (SSSR count). The summed E-state index contributed by atoms with van der Waals surface area (Å²) in [5, 5.41) is 14.9. The van der Waals surface area contributed by atoms with Crippen molar-refractivity contribution in [2.24, 2.45) is 0 Å². The van der Waals surface area contributed by atoms with Crippen molar-refractivity contribution in [2.75, 3.05) is 36.4 Å². The molecule has 33 heavy (non-hydrogen) atoms. The molecule has 0 unspecified atom stereocenters. The second-order valence-electron chi connectivity index (χ2n) is 8.02. The second-order valence-corrected chi connectivity index (χ2v) is 8.94. The third-order valence-electron chi connectivity index (χ3n) is 5.85. The number of amides is 1. The van der Waals surface area contributed by atoms with Crippen molar-refractivity contribution in [2.45, 2.75) is 13.0 Å². The highest BCUT2D eigenvalue weighted by Crippen LogP contribution is 2.33. The predicted octanol–water partition coefficient (Wildman–Crippen LogP) is 5.49. The number of benzene rings is 3. The molecule has 0 radical (unpaired) electrons. The molecule has 0 bridgehead atoms. The molecular formula is C25H25BrN4O3. The van der Waals surface area contributed by atoms with Gasteiger partial charge in [-0.05, 0) is 42.8 Å². The zero-order chi connectivity index (χ0) is 23.4. The van der Waals surface area contributed by atoms with Crippen LogP contribution >= 0.6 is 15.9 Å². The van der Waals surface area contributed by atoms with E-state index in [2.05, 4.69) is 26.1 Å². The van der Waals surface area contributed by atoms with Crippen LogP contribution in [-0.4, -0.2) is 41.9 Å². The van der Waals surface area contributed by atoms with Gasteiger partial charge < -0.3 is 15.1 Å². The lowest BCUT2D eigenvalue weighted by Crippen LogP contribution is -2.48. The van der Waals surface area contributed by atoms with Crippen molar-refractivity contribution in [3.05, 3.63) is 98.5 Å². The molecule has 8 heteroatoms. The molecule has 1 atom stereocenters. The minimum absolute atomic E-state index is 0.0127. The maximum Gasteiger partial charge on any atom is 0.292 e. The minimum Gasteiger partial charge on any atom is -0.373 e. The molecule has 0 aromatic heterocycles. The van der Waals surface area contributed by atoms with Gasteiger partial charge in [-0.25, -0.2) is 0 Å². The molecule has 1 saturated heterocycles. The summed E-state index contributed by atoms with van der Waals surface area (Å²) < 4.78 is 0.877. The van der Waals surface area contributed by atoms with Crippen molar-refractivity contribution < 1.29 is 9.72 Å². The van der Waals surface area contributed by atoms with Crippen molar-refractivity contribution in [1.82, 2.24) is 4.90 Å². The van der Waals surface area contributed by atoms with Crippen molar-refractivity contribution in [3.8, 4) is 0 Å². The van der Waals surface area contributed by atoms with Crippen LogP contribution in [0.1, 0.15) is 28.9 Å². The second kappa shape index (κ2) is 10.0. The average molecular weight is 509 g/mol. The van der Waals surface area contributed by atoms with Crippen molar-refractivity contribution >= 4 is 38.9 Å². The molecule has 1 fully saturated rings. The Kier molecular flexibility index (Phi) is 6.93. The summed E-state index contributed by atoms with van der Waals surface area (Å²) in [5.74, 6) is 0.0127. The number of hydrogen-bond donors (Lipinski definition) is 1. The van der Waals surface area contributed by atoms with Gasteiger partial charge in [-0.15, -0.1) is 0 Å². The van der Waals surface area contributed by atoms with Crippen LogP contribution in [0, 0.1) is 10.1 Å². The van der Waals surface area contributed by atoms with E-state index < -0.39 is 0 Å². The first-order valence-corrected chi connectivity index (χ1v) is 11.6. The van der Waals surface area contributed by atoms with Crippen molar-refractivity contribution in [1.29, 1.82) is 0 Å². The Hall–Kier alpha value is -3.39. The topological polar surface area (TPSA) is 78.7 Å². The number of rotatable bonds is 6. The highest BCUT2D eigenvalue weighted by Gasteiger charge is 2.24. The van der Waals surface area contributed by atoms with E-state index in [0.29, 0.717) is 37.4 Å². The van der Waals surface area contributed by atoms with Gasteiger partial charge in [0.05, 0.1) is 4.92 Å². The number of nitro benzene ring substituents is 1. The van der Waals surface area contributed by atoms with E-state index in [1.807, 2.05) is 72.5 Å². The SMILES string of the molecule is C[C@H](Nc1cc(N2CCN(C(=O)c3cccc(Br)c3)CC2)ccc1[N+](=O)[O-])c1ccccc1. The van der Waals surface area contributed by atoms with E-state index in [0.717, 1.165) is 15.7 Å². The van der Waals surface area contributed by atoms with Gasteiger partial charge in [0, 0.05) is 54.0 Å². The Bertz CT molecular complexity index is 1150. The summed E-state index contributed by atoms with van der Waals surface area (Å²) in [6, 6.07) is 22.3. The summed E-state index contributed by atoms with van der Waals surface area (Å²) in [7, 11) is 0. The standard InChI is InChI=1S/C25H25BrN4O3/c1-18(19-6-3-2-4-7-19)27-23-17-22(10-11-24(23)30(32)33)28-12-14-29(15-13-28)25(31)20-8-5-9-21(26)16-20/h2-11,16-18,27H,12-15H2,1H3/t18-/m0/s1. The highest BCUT2D eigenvalue weighted by atomic mass is 79.9. The van der Waals surface area contributed by atoms with Gasteiger partial charge in [0.25, 0.3) is 11.6 Å². The van der Waals surface area contributed by atoms with Crippen LogP contribution in [-0.2, 0) is 0 Å². The Balaban J connectivity index is 1.47. The molecule has 1 heterocycles. The number of anilines is 2. The zero-order valence-corrected chi connectivity index (χ0v) is 19.9. The Morgan fingerprint density at radius 3 is 2.39 bits per heavy atom.